The molecule has 2 unspecified atom stereocenters. The summed E-state index contributed by atoms with van der Waals surface area (Å²) in [6, 6.07) is 0. The number of allylic oxidation sites excluding steroid dienone is 16. The molecule has 0 aromatic heterocycles. The van der Waals surface area contributed by atoms with Gasteiger partial charge in [0, 0.05) is 12.8 Å². The van der Waals surface area contributed by atoms with Gasteiger partial charge in [-0.1, -0.05) is 445 Å². The third-order valence-corrected chi connectivity index (χ3v) is 20.8. The van der Waals surface area contributed by atoms with Crippen molar-refractivity contribution in [3.8, 4) is 0 Å². The molecular formula is C98H178NO8+. The average molecular weight is 1500 g/mol. The highest BCUT2D eigenvalue weighted by molar-refractivity contribution is 5.71. The summed E-state index contributed by atoms with van der Waals surface area (Å²) in [6.45, 7) is 4.72. The van der Waals surface area contributed by atoms with E-state index in [1.807, 2.05) is 21.1 Å². The molecule has 2 atom stereocenters. The van der Waals surface area contributed by atoms with E-state index in [2.05, 4.69) is 111 Å². The highest BCUT2D eigenvalue weighted by atomic mass is 16.7. The van der Waals surface area contributed by atoms with Crippen LogP contribution in [0.2, 0.25) is 0 Å². The molecule has 0 fully saturated rings. The number of hydrogen-bond acceptors (Lipinski definition) is 7. The second-order valence-electron chi connectivity index (χ2n) is 32.6. The summed E-state index contributed by atoms with van der Waals surface area (Å²) in [5, 5.41) is 9.80. The third kappa shape index (κ3) is 89.3. The molecule has 0 saturated heterocycles. The fourth-order valence-electron chi connectivity index (χ4n) is 13.9. The molecule has 0 rings (SSSR count). The maximum absolute atomic E-state index is 13.0. The molecule has 9 heteroatoms. The van der Waals surface area contributed by atoms with Gasteiger partial charge < -0.3 is 28.5 Å². The van der Waals surface area contributed by atoms with Crippen molar-refractivity contribution >= 4 is 17.9 Å². The van der Waals surface area contributed by atoms with Crippen molar-refractivity contribution in [2.24, 2.45) is 0 Å². The minimum atomic E-state index is -1.51. The van der Waals surface area contributed by atoms with Crippen LogP contribution in [0, 0.1) is 0 Å². The molecule has 0 spiro atoms. The Kier molecular flexibility index (Phi) is 84.7. The molecule has 0 aromatic carbocycles. The molecule has 0 radical (unpaired) electrons. The van der Waals surface area contributed by atoms with Crippen LogP contribution in [0.15, 0.2) is 97.2 Å². The number of unbranched alkanes of at least 4 members (excludes halogenated alkanes) is 56. The molecule has 0 aromatic rings. The average Bonchev–Trinajstić information content (AvgIpc) is 0.928. The Morgan fingerprint density at radius 2 is 0.505 bits per heavy atom. The van der Waals surface area contributed by atoms with Gasteiger partial charge in [-0.2, -0.15) is 0 Å². The van der Waals surface area contributed by atoms with E-state index < -0.39 is 18.4 Å². The van der Waals surface area contributed by atoms with Crippen LogP contribution < -0.4 is 0 Å². The van der Waals surface area contributed by atoms with Crippen molar-refractivity contribution in [2.45, 2.75) is 463 Å². The highest BCUT2D eigenvalue weighted by Gasteiger charge is 2.25. The normalized spacial score (nSPS) is 13.0. The third-order valence-electron chi connectivity index (χ3n) is 20.8. The lowest BCUT2D eigenvalue weighted by Gasteiger charge is -2.25. The summed E-state index contributed by atoms with van der Waals surface area (Å²) >= 11 is 0. The van der Waals surface area contributed by atoms with Gasteiger partial charge in [0.05, 0.1) is 34.4 Å². The smallest absolute Gasteiger partial charge is 0.361 e. The van der Waals surface area contributed by atoms with Crippen LogP contribution in [0.5, 0.6) is 0 Å². The number of carbonyl (C=O) groups is 3. The highest BCUT2D eigenvalue weighted by Crippen LogP contribution is 2.21. The van der Waals surface area contributed by atoms with Crippen LogP contribution in [0.3, 0.4) is 0 Å². The molecule has 0 aliphatic carbocycles. The first kappa shape index (κ1) is 103. The molecule has 0 bridgehead atoms. The number of carbonyl (C=O) groups excluding carboxylic acids is 2. The largest absolute Gasteiger partial charge is 0.477 e. The zero-order valence-electron chi connectivity index (χ0n) is 71.6. The van der Waals surface area contributed by atoms with Crippen LogP contribution in [-0.4, -0.2) is 87.4 Å². The lowest BCUT2D eigenvalue weighted by Crippen LogP contribution is -2.40. The maximum atomic E-state index is 13.0. The van der Waals surface area contributed by atoms with Crippen LogP contribution in [-0.2, 0) is 33.3 Å². The van der Waals surface area contributed by atoms with E-state index in [0.717, 1.165) is 89.9 Å². The van der Waals surface area contributed by atoms with Crippen molar-refractivity contribution in [3.05, 3.63) is 97.2 Å². The zero-order valence-corrected chi connectivity index (χ0v) is 71.6. The summed E-state index contributed by atoms with van der Waals surface area (Å²) < 4.78 is 23.1. The molecule has 107 heavy (non-hydrogen) atoms. The maximum Gasteiger partial charge on any atom is 0.361 e. The van der Waals surface area contributed by atoms with Gasteiger partial charge in [0.15, 0.2) is 6.10 Å². The van der Waals surface area contributed by atoms with Crippen molar-refractivity contribution in [3.63, 3.8) is 0 Å². The van der Waals surface area contributed by atoms with E-state index in [1.54, 1.807) is 0 Å². The van der Waals surface area contributed by atoms with Gasteiger partial charge in [0.2, 0.25) is 0 Å². The van der Waals surface area contributed by atoms with Gasteiger partial charge in [-0.15, -0.1) is 0 Å². The SMILES string of the molecule is CC/C=C\C/C=C\C/C=C\C/C=C\CCCCCCCCCCCCCCCCCCCCCCCCCCCCCCC(=O)OCC(COC(OCC[N+](C)(C)C)C(=O)O)OC(=O)CCCCCCCCCCCCCCCCCCCCCCCCCCCCCC/C=C\C/C=C\C/C=C\C/C=C\CC. The second kappa shape index (κ2) is 87.8. The number of hydrogen-bond donors (Lipinski definition) is 1. The fraction of sp³-hybridized carbons (Fsp3) is 0.806. The Bertz CT molecular complexity index is 2100. The Morgan fingerprint density at radius 3 is 0.748 bits per heavy atom. The van der Waals surface area contributed by atoms with E-state index in [9.17, 15) is 19.5 Å². The van der Waals surface area contributed by atoms with Crippen LogP contribution in [0.25, 0.3) is 0 Å². The van der Waals surface area contributed by atoms with Crippen LogP contribution in [0.4, 0.5) is 0 Å². The number of ether oxygens (including phenoxy) is 4. The number of quaternary nitrogens is 1. The Balaban J connectivity index is 3.87. The molecule has 1 N–H and O–H groups in total. The van der Waals surface area contributed by atoms with Gasteiger partial charge in [-0.25, -0.2) is 4.79 Å². The van der Waals surface area contributed by atoms with E-state index in [-0.39, 0.29) is 38.2 Å². The molecule has 0 aliphatic heterocycles. The first-order valence-electron chi connectivity index (χ1n) is 46.4. The van der Waals surface area contributed by atoms with Crippen LogP contribution in [0.1, 0.15) is 450 Å². The lowest BCUT2D eigenvalue weighted by molar-refractivity contribution is -0.870. The van der Waals surface area contributed by atoms with Crippen LogP contribution >= 0.6 is 0 Å². The first-order valence-corrected chi connectivity index (χ1v) is 46.4. The topological polar surface area (TPSA) is 108 Å². The van der Waals surface area contributed by atoms with Crippen molar-refractivity contribution < 1.29 is 42.9 Å². The fourth-order valence-corrected chi connectivity index (χ4v) is 13.9. The number of nitrogens with zero attached hydrogens (tertiary/aromatic N) is 1. The number of aliphatic carboxylic acids is 1. The summed E-state index contributed by atoms with van der Waals surface area (Å²) in [5.41, 5.74) is 0. The summed E-state index contributed by atoms with van der Waals surface area (Å²) in [7, 11) is 6.00. The minimum Gasteiger partial charge on any atom is -0.477 e. The number of rotatable bonds is 87. The van der Waals surface area contributed by atoms with Gasteiger partial charge in [0.1, 0.15) is 13.2 Å². The molecule has 0 amide bonds. The predicted octanol–water partition coefficient (Wildman–Crippen LogP) is 30.6. The number of likely N-dealkylation sites (N-methyl/N-ethyl adjacent to an activating group) is 1. The predicted molar refractivity (Wildman–Crippen MR) is 465 cm³/mol. The van der Waals surface area contributed by atoms with Gasteiger partial charge in [-0.05, 0) is 89.9 Å². The number of carboxylic acid groups (broad SMARTS) is 1. The summed E-state index contributed by atoms with van der Waals surface area (Å²) in [5.74, 6) is -1.97. The van der Waals surface area contributed by atoms with Crippen molar-refractivity contribution in [2.75, 3.05) is 47.5 Å². The van der Waals surface area contributed by atoms with Crippen molar-refractivity contribution in [1.82, 2.24) is 0 Å². The molecular weight excluding hydrogens is 1320 g/mol. The molecule has 0 aliphatic rings. The standard InChI is InChI=1S/C98H177NO8/c1-6-8-10-12-14-16-18-20-22-24-26-28-30-32-34-36-38-40-42-44-46-48-50-52-54-56-58-60-62-64-66-68-70-72-74-76-78-80-82-84-86-88-95(100)105-92-94(93-106-98(97(102)103)104-91-90-99(3,4)5)107-96(101)89-87-85-83-81-79-77-75-73-71-69-67-65-63-61-59-57-55-53-51-49-47-45-43-41-39-37-35-33-31-29-27-25-23-21-19-17-15-13-11-9-7-2/h8-11,14-17,20-23,26-29,94,98H,6-7,12-13,18-19,24-25,30-93H2,1-5H3/p+1/b10-8-,11-9-,16-14-,17-15-,22-20-,23-21-,28-26-,29-27-. The monoisotopic (exact) mass is 1500 g/mol. The Labute approximate surface area is 664 Å². The molecule has 0 saturated carbocycles. The van der Waals surface area contributed by atoms with Gasteiger partial charge in [-0.3, -0.25) is 9.59 Å². The van der Waals surface area contributed by atoms with E-state index in [4.69, 9.17) is 18.9 Å². The number of carboxylic acids is 1. The Hall–Kier alpha value is -3.79. The van der Waals surface area contributed by atoms with E-state index in [1.165, 1.54) is 334 Å². The van der Waals surface area contributed by atoms with Crippen molar-refractivity contribution in [1.29, 1.82) is 0 Å². The number of esters is 2. The minimum absolute atomic E-state index is 0.177. The lowest BCUT2D eigenvalue weighted by atomic mass is 10.0. The van der Waals surface area contributed by atoms with Gasteiger partial charge >= 0.3 is 17.9 Å². The van der Waals surface area contributed by atoms with E-state index >= 15 is 0 Å². The van der Waals surface area contributed by atoms with Gasteiger partial charge in [0.25, 0.3) is 6.29 Å². The summed E-state index contributed by atoms with van der Waals surface area (Å²) in [4.78, 5) is 37.9. The first-order chi connectivity index (χ1) is 52.6. The Morgan fingerprint density at radius 1 is 0.280 bits per heavy atom. The quantitative estimate of drug-likeness (QED) is 0.0211. The second-order valence-corrected chi connectivity index (χ2v) is 32.6. The summed E-state index contributed by atoms with van der Waals surface area (Å²) in [6.07, 6.45) is 121. The molecule has 9 nitrogen and oxygen atoms in total. The molecule has 622 valence electrons. The van der Waals surface area contributed by atoms with E-state index in [0.29, 0.717) is 17.4 Å². The zero-order chi connectivity index (χ0) is 77.4. The molecule has 0 heterocycles.